The van der Waals surface area contributed by atoms with Gasteiger partial charge in [0.25, 0.3) is 0 Å². The molecule has 1 rings (SSSR count). The van der Waals surface area contributed by atoms with Crippen LogP contribution >= 0.6 is 0 Å². The average Bonchev–Trinajstić information content (AvgIpc) is 1.88. The van der Waals surface area contributed by atoms with Gasteiger partial charge in [-0.2, -0.15) is 0 Å². The van der Waals surface area contributed by atoms with Crippen LogP contribution in [0, 0.1) is 0 Å². The molecule has 1 aliphatic heterocycles. The van der Waals surface area contributed by atoms with Gasteiger partial charge in [0.05, 0.1) is 6.21 Å². The van der Waals surface area contributed by atoms with Crippen LogP contribution in [-0.2, 0) is 4.79 Å². The van der Waals surface area contributed by atoms with Gasteiger partial charge in [-0.05, 0) is 5.53 Å². The molecule has 1 heterocycles. The summed E-state index contributed by atoms with van der Waals surface area (Å²) < 4.78 is 0. The zero-order valence-electron chi connectivity index (χ0n) is 5.06. The quantitative estimate of drug-likeness (QED) is 0.303. The number of hydrogen-bond acceptors (Lipinski definition) is 3. The van der Waals surface area contributed by atoms with Crippen molar-refractivity contribution in [2.24, 2.45) is 10.1 Å². The first-order valence-corrected chi connectivity index (χ1v) is 2.63. The Balaban J connectivity index is 2.79. The molecule has 5 nitrogen and oxygen atoms in total. The van der Waals surface area contributed by atoms with Crippen molar-refractivity contribution in [3.63, 3.8) is 0 Å². The number of rotatable bonds is 1. The zero-order chi connectivity index (χ0) is 7.40. The number of allylic oxidation sites excluding steroid dienone is 1. The molecule has 0 saturated heterocycles. The lowest BCUT2D eigenvalue weighted by molar-refractivity contribution is -0.112. The number of nitrogens with zero attached hydrogens (tertiary/aromatic N) is 4. The third-order valence-electron chi connectivity index (χ3n) is 0.971. The third kappa shape index (κ3) is 1.43. The zero-order valence-corrected chi connectivity index (χ0v) is 5.06. The predicted octanol–water partition coefficient (Wildman–Crippen LogP) is 1.18. The minimum Gasteiger partial charge on any atom is -0.293 e. The van der Waals surface area contributed by atoms with Gasteiger partial charge in [-0.15, -0.1) is 0 Å². The molecule has 0 radical (unpaired) electrons. The molecule has 0 fully saturated rings. The van der Waals surface area contributed by atoms with E-state index in [1.54, 1.807) is 0 Å². The van der Waals surface area contributed by atoms with Crippen molar-refractivity contribution in [1.82, 2.24) is 0 Å². The average molecular weight is 136 g/mol. The molecule has 0 aliphatic carbocycles. The van der Waals surface area contributed by atoms with Crippen LogP contribution in [0.25, 0.3) is 10.4 Å². The Morgan fingerprint density at radius 3 is 3.20 bits per heavy atom. The van der Waals surface area contributed by atoms with Gasteiger partial charge in [-0.3, -0.25) is 9.79 Å². The summed E-state index contributed by atoms with van der Waals surface area (Å²) in [6.45, 7) is 0. The van der Waals surface area contributed by atoms with E-state index < -0.39 is 0 Å². The predicted molar refractivity (Wildman–Crippen MR) is 35.3 cm³/mol. The fourth-order valence-electron chi connectivity index (χ4n) is 0.595. The maximum absolute atomic E-state index is 10.6. The Morgan fingerprint density at radius 1 is 1.80 bits per heavy atom. The summed E-state index contributed by atoms with van der Waals surface area (Å²) in [5.41, 5.74) is 8.33. The Kier molecular flexibility index (Phi) is 1.82. The van der Waals surface area contributed by atoms with Crippen LogP contribution in [0.5, 0.6) is 0 Å². The molecule has 0 aromatic heterocycles. The number of aliphatic imine (C=N–C) groups is 1. The smallest absolute Gasteiger partial charge is 0.178 e. The molecule has 0 saturated carbocycles. The molecular weight excluding hydrogens is 132 g/mol. The molecule has 1 aliphatic rings. The minimum absolute atomic E-state index is 0.134. The summed E-state index contributed by atoms with van der Waals surface area (Å²) in [4.78, 5) is 16.7. The number of Topliss-reactive ketones (excluding diaryl/α,β-unsaturated/α-hetero) is 1. The van der Waals surface area contributed by atoms with Crippen LogP contribution in [0.2, 0.25) is 0 Å². The van der Waals surface area contributed by atoms with Crippen molar-refractivity contribution in [2.45, 2.75) is 6.42 Å². The standard InChI is InChI=1S/C5H4N4O/c6-9-8-4-1-5(10)3-7-2-4/h2-3H,1H2. The summed E-state index contributed by atoms with van der Waals surface area (Å²) >= 11 is 0. The first-order valence-electron chi connectivity index (χ1n) is 2.63. The third-order valence-corrected chi connectivity index (χ3v) is 0.971. The highest BCUT2D eigenvalue weighted by molar-refractivity contribution is 6.28. The number of azide groups is 1. The summed E-state index contributed by atoms with van der Waals surface area (Å²) in [5.74, 6) is -0.134. The molecule has 0 atom stereocenters. The van der Waals surface area contributed by atoms with Gasteiger partial charge in [0.15, 0.2) is 5.78 Å². The van der Waals surface area contributed by atoms with Crippen LogP contribution in [0.3, 0.4) is 0 Å². The largest absolute Gasteiger partial charge is 0.293 e. The van der Waals surface area contributed by atoms with E-state index in [2.05, 4.69) is 15.0 Å². The van der Waals surface area contributed by atoms with E-state index in [1.165, 1.54) is 12.4 Å². The highest BCUT2D eigenvalue weighted by Crippen LogP contribution is 2.07. The summed E-state index contributed by atoms with van der Waals surface area (Å²) in [5, 5.41) is 3.24. The Labute approximate surface area is 56.7 Å². The van der Waals surface area contributed by atoms with E-state index in [4.69, 9.17) is 5.53 Å². The fraction of sp³-hybridized carbons (Fsp3) is 0.200. The van der Waals surface area contributed by atoms with Crippen LogP contribution in [0.1, 0.15) is 6.42 Å². The van der Waals surface area contributed by atoms with Crippen molar-refractivity contribution in [1.29, 1.82) is 0 Å². The second kappa shape index (κ2) is 2.80. The van der Waals surface area contributed by atoms with Gasteiger partial charge in [0.1, 0.15) is 0 Å². The van der Waals surface area contributed by atoms with Gasteiger partial charge in [0.2, 0.25) is 0 Å². The van der Waals surface area contributed by atoms with Crippen molar-refractivity contribution in [2.75, 3.05) is 0 Å². The number of hydrogen-bond donors (Lipinski definition) is 0. The Morgan fingerprint density at radius 2 is 2.60 bits per heavy atom. The molecule has 5 heteroatoms. The fourth-order valence-corrected chi connectivity index (χ4v) is 0.595. The van der Waals surface area contributed by atoms with Gasteiger partial charge in [-0.1, -0.05) is 5.11 Å². The molecule has 50 valence electrons. The van der Waals surface area contributed by atoms with Gasteiger partial charge in [-0.25, -0.2) is 0 Å². The molecule has 0 unspecified atom stereocenters. The van der Waals surface area contributed by atoms with Gasteiger partial charge < -0.3 is 0 Å². The topological polar surface area (TPSA) is 78.2 Å². The molecule has 0 bridgehead atoms. The summed E-state index contributed by atoms with van der Waals surface area (Å²) in [7, 11) is 0. The van der Waals surface area contributed by atoms with Gasteiger partial charge >= 0.3 is 0 Å². The number of carbonyl (C=O) groups is 1. The lowest BCUT2D eigenvalue weighted by Crippen LogP contribution is -2.02. The van der Waals surface area contributed by atoms with Crippen molar-refractivity contribution in [3.8, 4) is 0 Å². The molecule has 0 spiro atoms. The van der Waals surface area contributed by atoms with E-state index in [0.717, 1.165) is 0 Å². The maximum atomic E-state index is 10.6. The Bertz CT molecular complexity index is 259. The monoisotopic (exact) mass is 136 g/mol. The normalized spacial score (nSPS) is 16.0. The SMILES string of the molecule is [N-]=[N+]=NC1=CN=CC(=O)C1. The summed E-state index contributed by atoms with van der Waals surface area (Å²) in [6.07, 6.45) is 2.74. The van der Waals surface area contributed by atoms with Gasteiger partial charge in [0, 0.05) is 23.2 Å². The molecule has 0 N–H and O–H groups in total. The Hall–Kier alpha value is -1.61. The molecule has 0 aromatic rings. The van der Waals surface area contributed by atoms with Crippen LogP contribution in [0.15, 0.2) is 22.0 Å². The second-order valence-electron chi connectivity index (χ2n) is 1.73. The van der Waals surface area contributed by atoms with E-state index in [-0.39, 0.29) is 12.2 Å². The van der Waals surface area contributed by atoms with E-state index in [0.29, 0.717) is 5.70 Å². The van der Waals surface area contributed by atoms with E-state index in [9.17, 15) is 4.79 Å². The lowest BCUT2D eigenvalue weighted by Gasteiger charge is -1.97. The van der Waals surface area contributed by atoms with Crippen molar-refractivity contribution >= 4 is 12.0 Å². The van der Waals surface area contributed by atoms with Crippen LogP contribution < -0.4 is 0 Å². The van der Waals surface area contributed by atoms with Crippen LogP contribution in [-0.4, -0.2) is 12.0 Å². The molecular formula is C5H4N4O. The highest BCUT2D eigenvalue weighted by Gasteiger charge is 2.04. The maximum Gasteiger partial charge on any atom is 0.178 e. The number of carbonyl (C=O) groups excluding carboxylic acids is 1. The van der Waals surface area contributed by atoms with E-state index >= 15 is 0 Å². The van der Waals surface area contributed by atoms with Crippen molar-refractivity contribution < 1.29 is 4.79 Å². The lowest BCUT2D eigenvalue weighted by atomic mass is 10.2. The van der Waals surface area contributed by atoms with E-state index in [1.807, 2.05) is 0 Å². The minimum atomic E-state index is -0.134. The first-order chi connectivity index (χ1) is 4.83. The molecule has 0 amide bonds. The highest BCUT2D eigenvalue weighted by atomic mass is 16.1. The first kappa shape index (κ1) is 6.51. The van der Waals surface area contributed by atoms with Crippen molar-refractivity contribution in [3.05, 3.63) is 22.3 Å². The molecule has 0 aromatic carbocycles. The van der Waals surface area contributed by atoms with Crippen LogP contribution in [0.4, 0.5) is 0 Å². The second-order valence-corrected chi connectivity index (χ2v) is 1.73. The molecule has 10 heavy (non-hydrogen) atoms. The summed E-state index contributed by atoms with van der Waals surface area (Å²) in [6, 6.07) is 0. The number of ketones is 1.